The fourth-order valence-corrected chi connectivity index (χ4v) is 3.30. The maximum atomic E-state index is 11.9. The molecule has 0 radical (unpaired) electrons. The van der Waals surface area contributed by atoms with Crippen LogP contribution in [0.15, 0.2) is 12.2 Å². The van der Waals surface area contributed by atoms with Gasteiger partial charge in [0.05, 0.1) is 12.6 Å². The SMILES string of the molecule is CCCCCCCC/C=C\CCCCCCC(=O)N[C@H](CC)COP(=O)(O)O. The lowest BCUT2D eigenvalue weighted by Crippen LogP contribution is -2.37. The van der Waals surface area contributed by atoms with Gasteiger partial charge in [0.1, 0.15) is 0 Å². The molecule has 1 amide bonds. The predicted octanol–water partition coefficient (Wildman–Crippen LogP) is 5.64. The van der Waals surface area contributed by atoms with E-state index in [9.17, 15) is 9.36 Å². The molecule has 0 unspecified atom stereocenters. The van der Waals surface area contributed by atoms with Crippen LogP contribution in [0.1, 0.15) is 104 Å². The van der Waals surface area contributed by atoms with Gasteiger partial charge in [-0.1, -0.05) is 70.9 Å². The second-order valence-electron chi connectivity index (χ2n) is 7.44. The summed E-state index contributed by atoms with van der Waals surface area (Å²) in [5.74, 6) is -0.0833. The van der Waals surface area contributed by atoms with Crippen LogP contribution in [0.25, 0.3) is 0 Å². The monoisotopic (exact) mass is 419 g/mol. The Kier molecular flexibility index (Phi) is 17.9. The number of carbonyl (C=O) groups is 1. The molecule has 0 aliphatic heterocycles. The van der Waals surface area contributed by atoms with Crippen molar-refractivity contribution in [1.29, 1.82) is 0 Å². The van der Waals surface area contributed by atoms with Crippen molar-refractivity contribution in [3.05, 3.63) is 12.2 Å². The average molecular weight is 420 g/mol. The van der Waals surface area contributed by atoms with E-state index in [2.05, 4.69) is 28.9 Å². The lowest BCUT2D eigenvalue weighted by Gasteiger charge is -2.17. The summed E-state index contributed by atoms with van der Waals surface area (Å²) in [4.78, 5) is 29.3. The van der Waals surface area contributed by atoms with Gasteiger partial charge in [0.25, 0.3) is 0 Å². The predicted molar refractivity (Wildman–Crippen MR) is 115 cm³/mol. The molecule has 7 heteroatoms. The van der Waals surface area contributed by atoms with Crippen molar-refractivity contribution >= 4 is 13.7 Å². The quantitative estimate of drug-likeness (QED) is 0.143. The third-order valence-electron chi connectivity index (χ3n) is 4.72. The Balaban J connectivity index is 3.53. The molecule has 0 aliphatic carbocycles. The van der Waals surface area contributed by atoms with Crippen LogP contribution in [-0.4, -0.2) is 28.3 Å². The number of amides is 1. The zero-order valence-corrected chi connectivity index (χ0v) is 18.8. The molecule has 0 aromatic rings. The molecule has 0 aliphatic rings. The third-order valence-corrected chi connectivity index (χ3v) is 5.20. The van der Waals surface area contributed by atoms with Crippen LogP contribution >= 0.6 is 7.82 Å². The van der Waals surface area contributed by atoms with Crippen molar-refractivity contribution in [3.63, 3.8) is 0 Å². The summed E-state index contributed by atoms with van der Waals surface area (Å²) in [6, 6.07) is -0.364. The topological polar surface area (TPSA) is 95.9 Å². The first kappa shape index (κ1) is 27.3. The number of carbonyl (C=O) groups excluding carboxylic acids is 1. The second kappa shape index (κ2) is 18.4. The number of phosphoric ester groups is 1. The van der Waals surface area contributed by atoms with Gasteiger partial charge in [0.2, 0.25) is 5.91 Å². The molecular formula is C21H42NO5P. The largest absolute Gasteiger partial charge is 0.469 e. The molecule has 0 heterocycles. The number of phosphoric acid groups is 1. The van der Waals surface area contributed by atoms with Crippen LogP contribution < -0.4 is 5.32 Å². The zero-order valence-electron chi connectivity index (χ0n) is 17.9. The highest BCUT2D eigenvalue weighted by Gasteiger charge is 2.18. The first-order chi connectivity index (χ1) is 13.4. The van der Waals surface area contributed by atoms with Crippen LogP contribution in [0.3, 0.4) is 0 Å². The summed E-state index contributed by atoms with van der Waals surface area (Å²) in [5, 5.41) is 2.77. The fraction of sp³-hybridized carbons (Fsp3) is 0.857. The molecule has 166 valence electrons. The van der Waals surface area contributed by atoms with Crippen molar-refractivity contribution in [2.45, 2.75) is 110 Å². The molecule has 0 aromatic carbocycles. The van der Waals surface area contributed by atoms with E-state index in [1.807, 2.05) is 6.92 Å². The average Bonchev–Trinajstić information content (AvgIpc) is 2.64. The summed E-state index contributed by atoms with van der Waals surface area (Å²) in [6.45, 7) is 3.92. The normalized spacial score (nSPS) is 13.1. The molecule has 3 N–H and O–H groups in total. The lowest BCUT2D eigenvalue weighted by molar-refractivity contribution is -0.122. The minimum absolute atomic E-state index is 0.0833. The Morgan fingerprint density at radius 2 is 1.46 bits per heavy atom. The van der Waals surface area contributed by atoms with Gasteiger partial charge in [0.15, 0.2) is 0 Å². The first-order valence-electron chi connectivity index (χ1n) is 11.0. The summed E-state index contributed by atoms with van der Waals surface area (Å²) in [7, 11) is -4.49. The van der Waals surface area contributed by atoms with Crippen molar-refractivity contribution in [1.82, 2.24) is 5.32 Å². The second-order valence-corrected chi connectivity index (χ2v) is 8.68. The zero-order chi connectivity index (χ0) is 21.1. The van der Waals surface area contributed by atoms with Gasteiger partial charge in [0, 0.05) is 6.42 Å². The summed E-state index contributed by atoms with van der Waals surface area (Å²) >= 11 is 0. The number of nitrogens with one attached hydrogen (secondary N) is 1. The summed E-state index contributed by atoms with van der Waals surface area (Å²) in [6.07, 6.45) is 20.1. The van der Waals surface area contributed by atoms with Crippen molar-refractivity contribution in [2.75, 3.05) is 6.61 Å². The maximum Gasteiger partial charge on any atom is 0.469 e. The maximum absolute atomic E-state index is 11.9. The Morgan fingerprint density at radius 1 is 0.929 bits per heavy atom. The van der Waals surface area contributed by atoms with E-state index in [4.69, 9.17) is 9.79 Å². The Bertz CT molecular complexity index is 450. The Morgan fingerprint density at radius 3 is 2.00 bits per heavy atom. The van der Waals surface area contributed by atoms with Gasteiger partial charge in [-0.15, -0.1) is 0 Å². The first-order valence-corrected chi connectivity index (χ1v) is 12.6. The Labute approximate surface area is 171 Å². The van der Waals surface area contributed by atoms with Crippen LogP contribution in [0.4, 0.5) is 0 Å². The molecule has 0 bridgehead atoms. The molecule has 0 rings (SSSR count). The minimum Gasteiger partial charge on any atom is -0.351 e. The van der Waals surface area contributed by atoms with E-state index in [-0.39, 0.29) is 18.6 Å². The van der Waals surface area contributed by atoms with E-state index in [0.29, 0.717) is 12.8 Å². The molecule has 1 atom stereocenters. The van der Waals surface area contributed by atoms with Crippen molar-refractivity contribution in [3.8, 4) is 0 Å². The summed E-state index contributed by atoms with van der Waals surface area (Å²) < 4.78 is 15.2. The fourth-order valence-electron chi connectivity index (χ4n) is 2.93. The minimum atomic E-state index is -4.49. The number of hydrogen-bond acceptors (Lipinski definition) is 3. The van der Waals surface area contributed by atoms with Crippen LogP contribution in [-0.2, 0) is 13.9 Å². The number of hydrogen-bond donors (Lipinski definition) is 3. The van der Waals surface area contributed by atoms with Crippen molar-refractivity contribution < 1.29 is 23.7 Å². The number of allylic oxidation sites excluding steroid dienone is 2. The molecule has 0 saturated heterocycles. The molecular weight excluding hydrogens is 377 g/mol. The van der Waals surface area contributed by atoms with E-state index in [0.717, 1.165) is 32.1 Å². The van der Waals surface area contributed by atoms with Crippen LogP contribution in [0, 0.1) is 0 Å². The van der Waals surface area contributed by atoms with Crippen molar-refractivity contribution in [2.24, 2.45) is 0 Å². The van der Waals surface area contributed by atoms with E-state index >= 15 is 0 Å². The molecule has 28 heavy (non-hydrogen) atoms. The highest BCUT2D eigenvalue weighted by Crippen LogP contribution is 2.35. The van der Waals surface area contributed by atoms with Gasteiger partial charge in [-0.25, -0.2) is 4.57 Å². The van der Waals surface area contributed by atoms with E-state index in [1.165, 1.54) is 44.9 Å². The van der Waals surface area contributed by atoms with E-state index < -0.39 is 7.82 Å². The Hall–Kier alpha value is -0.680. The van der Waals surface area contributed by atoms with Gasteiger partial charge in [-0.3, -0.25) is 9.32 Å². The molecule has 0 spiro atoms. The third kappa shape index (κ3) is 20.1. The van der Waals surface area contributed by atoms with Gasteiger partial charge >= 0.3 is 7.82 Å². The van der Waals surface area contributed by atoms with Gasteiger partial charge in [-0.2, -0.15) is 0 Å². The van der Waals surface area contributed by atoms with Gasteiger partial charge < -0.3 is 15.1 Å². The highest BCUT2D eigenvalue weighted by molar-refractivity contribution is 7.46. The molecule has 0 aromatic heterocycles. The van der Waals surface area contributed by atoms with Crippen LogP contribution in [0.2, 0.25) is 0 Å². The number of rotatable bonds is 19. The molecule has 0 fully saturated rings. The standard InChI is InChI=1S/C21H42NO5P/c1-3-5-6-7-8-9-10-11-12-13-14-15-16-17-18-21(23)22-20(4-2)19-27-28(24,25)26/h11-12,20H,3-10,13-19H2,1-2H3,(H,22,23)(H2,24,25,26)/b12-11-/t20-/m1/s1. The smallest absolute Gasteiger partial charge is 0.351 e. The lowest BCUT2D eigenvalue weighted by atomic mass is 10.1. The number of unbranched alkanes of at least 4 members (excludes halogenated alkanes) is 10. The molecule has 6 nitrogen and oxygen atoms in total. The molecule has 0 saturated carbocycles. The van der Waals surface area contributed by atoms with E-state index in [1.54, 1.807) is 0 Å². The highest BCUT2D eigenvalue weighted by atomic mass is 31.2. The van der Waals surface area contributed by atoms with Crippen LogP contribution in [0.5, 0.6) is 0 Å². The summed E-state index contributed by atoms with van der Waals surface area (Å²) in [5.41, 5.74) is 0. The van der Waals surface area contributed by atoms with Gasteiger partial charge in [-0.05, 0) is 38.5 Å².